The zero-order chi connectivity index (χ0) is 22.3. The van der Waals surface area contributed by atoms with Crippen LogP contribution in [0.15, 0.2) is 18.2 Å². The maximum absolute atomic E-state index is 11.6. The van der Waals surface area contributed by atoms with E-state index >= 15 is 0 Å². The lowest BCUT2D eigenvalue weighted by Gasteiger charge is -2.59. The van der Waals surface area contributed by atoms with Gasteiger partial charge in [-0.25, -0.2) is 0 Å². The number of aliphatic hydroxyl groups excluding tert-OH is 2. The van der Waals surface area contributed by atoms with Crippen molar-refractivity contribution >= 4 is 5.69 Å². The van der Waals surface area contributed by atoms with Crippen LogP contribution in [-0.2, 0) is 5.41 Å². The van der Waals surface area contributed by atoms with Gasteiger partial charge in [-0.15, -0.1) is 0 Å². The Balaban J connectivity index is 1.65. The maximum Gasteiger partial charge on any atom is 0.205 e. The van der Waals surface area contributed by atoms with Gasteiger partial charge in [-0.05, 0) is 43.9 Å². The van der Waals surface area contributed by atoms with Crippen LogP contribution in [0.4, 0.5) is 5.69 Å². The van der Waals surface area contributed by atoms with Gasteiger partial charge in [0.25, 0.3) is 0 Å². The third kappa shape index (κ3) is 2.22. The smallest absolute Gasteiger partial charge is 0.205 e. The normalized spacial score (nSPS) is 38.7. The number of rotatable bonds is 5. The van der Waals surface area contributed by atoms with Crippen LogP contribution in [-0.4, -0.2) is 79.9 Å². The number of benzene rings is 1. The highest BCUT2D eigenvalue weighted by molar-refractivity contribution is 5.81. The first kappa shape index (κ1) is 20.6. The lowest BCUT2D eigenvalue weighted by Crippen LogP contribution is -2.69. The van der Waals surface area contributed by atoms with Crippen LogP contribution in [0, 0.1) is 5.41 Å². The molecule has 0 bridgehead atoms. The van der Waals surface area contributed by atoms with Gasteiger partial charge < -0.3 is 29.3 Å². The third-order valence-electron chi connectivity index (χ3n) is 9.13. The van der Waals surface area contributed by atoms with Crippen molar-refractivity contribution in [1.29, 1.82) is 0 Å². The van der Waals surface area contributed by atoms with Gasteiger partial charge in [0, 0.05) is 36.1 Å². The summed E-state index contributed by atoms with van der Waals surface area (Å²) < 4.78 is 17.9. The first-order valence-corrected chi connectivity index (χ1v) is 12.0. The number of methoxy groups -OCH3 is 2. The van der Waals surface area contributed by atoms with Crippen LogP contribution in [0.25, 0.3) is 0 Å². The molecule has 2 fully saturated rings. The molecule has 1 aliphatic carbocycles. The highest BCUT2D eigenvalue weighted by Gasteiger charge is 2.71. The quantitative estimate of drug-likeness (QED) is 0.677. The van der Waals surface area contributed by atoms with Crippen LogP contribution in [0.2, 0.25) is 0 Å². The lowest BCUT2D eigenvalue weighted by atomic mass is 9.52. The molecule has 5 aliphatic rings. The summed E-state index contributed by atoms with van der Waals surface area (Å²) in [7, 11) is 3.35. The Labute approximate surface area is 189 Å². The fraction of sp³-hybridized carbons (Fsp3) is 0.680. The molecule has 7 heteroatoms. The predicted octanol–water partition coefficient (Wildman–Crippen LogP) is 2.08. The van der Waals surface area contributed by atoms with Gasteiger partial charge in [-0.1, -0.05) is 19.1 Å². The van der Waals surface area contributed by atoms with Crippen molar-refractivity contribution in [1.82, 2.24) is 4.90 Å². The van der Waals surface area contributed by atoms with Gasteiger partial charge in [0.1, 0.15) is 6.61 Å². The molecule has 6 atom stereocenters. The Bertz CT molecular complexity index is 966. The Hall–Kier alpha value is -1.96. The zero-order valence-electron chi connectivity index (χ0n) is 19.2. The van der Waals surface area contributed by atoms with Crippen LogP contribution < -0.4 is 19.1 Å². The molecule has 0 unspecified atom stereocenters. The van der Waals surface area contributed by atoms with E-state index in [1.807, 2.05) is 0 Å². The molecule has 174 valence electrons. The molecule has 4 aliphatic heterocycles. The molecular formula is C25H34N2O5. The summed E-state index contributed by atoms with van der Waals surface area (Å²) in [5.74, 6) is 2.14. The molecule has 2 N–H and O–H groups in total. The lowest BCUT2D eigenvalue weighted by molar-refractivity contribution is -0.0802. The SMILES string of the molecule is CC[C@@H]1COc2c(OC)c(OC)cc3c2N1[C@@H]1C[C@H](O)[C@@]2(CCO)C=CCN4CC[C@@]31[C@H]42. The van der Waals surface area contributed by atoms with Crippen molar-refractivity contribution < 1.29 is 24.4 Å². The number of hydrogen-bond donors (Lipinski definition) is 2. The van der Waals surface area contributed by atoms with Crippen molar-refractivity contribution in [3.05, 3.63) is 23.8 Å². The van der Waals surface area contributed by atoms with Gasteiger partial charge in [-0.3, -0.25) is 4.90 Å². The Kier molecular flexibility index (Phi) is 4.52. The van der Waals surface area contributed by atoms with Gasteiger partial charge in [-0.2, -0.15) is 0 Å². The molecule has 1 saturated heterocycles. The van der Waals surface area contributed by atoms with Gasteiger partial charge in [0.2, 0.25) is 5.75 Å². The summed E-state index contributed by atoms with van der Waals surface area (Å²) >= 11 is 0. The summed E-state index contributed by atoms with van der Waals surface area (Å²) in [6.45, 7) is 4.76. The van der Waals surface area contributed by atoms with E-state index in [0.29, 0.717) is 30.9 Å². The first-order chi connectivity index (χ1) is 15.6. The van der Waals surface area contributed by atoms with Crippen molar-refractivity contribution in [3.63, 3.8) is 0 Å². The summed E-state index contributed by atoms with van der Waals surface area (Å²) in [5.41, 5.74) is 1.81. The van der Waals surface area contributed by atoms with Crippen LogP contribution in [0.3, 0.4) is 0 Å². The molecular weight excluding hydrogens is 408 g/mol. The van der Waals surface area contributed by atoms with E-state index in [1.165, 1.54) is 5.56 Å². The molecule has 1 aromatic rings. The molecule has 7 nitrogen and oxygen atoms in total. The van der Waals surface area contributed by atoms with Crippen molar-refractivity contribution in [3.8, 4) is 17.2 Å². The first-order valence-electron chi connectivity index (χ1n) is 12.0. The molecule has 1 aromatic carbocycles. The van der Waals surface area contributed by atoms with E-state index in [9.17, 15) is 10.2 Å². The monoisotopic (exact) mass is 442 g/mol. The molecule has 1 spiro atoms. The van der Waals surface area contributed by atoms with Crippen LogP contribution >= 0.6 is 0 Å². The minimum absolute atomic E-state index is 0.0704. The summed E-state index contributed by atoms with van der Waals surface area (Å²) in [4.78, 5) is 5.10. The van der Waals surface area contributed by atoms with Gasteiger partial charge >= 0.3 is 0 Å². The van der Waals surface area contributed by atoms with E-state index in [4.69, 9.17) is 14.2 Å². The molecule has 0 aromatic heterocycles. The minimum atomic E-state index is -0.503. The number of anilines is 1. The summed E-state index contributed by atoms with van der Waals surface area (Å²) in [5, 5.41) is 21.7. The molecule has 1 saturated carbocycles. The van der Waals surface area contributed by atoms with Gasteiger partial charge in [0.15, 0.2) is 11.5 Å². The van der Waals surface area contributed by atoms with E-state index in [0.717, 1.165) is 37.4 Å². The second-order valence-corrected chi connectivity index (χ2v) is 10.1. The van der Waals surface area contributed by atoms with Crippen LogP contribution in [0.1, 0.15) is 38.2 Å². The highest BCUT2D eigenvalue weighted by atomic mass is 16.5. The fourth-order valence-corrected chi connectivity index (χ4v) is 7.99. The van der Waals surface area contributed by atoms with Crippen LogP contribution in [0.5, 0.6) is 17.2 Å². The summed E-state index contributed by atoms with van der Waals surface area (Å²) in [6.07, 6.45) is 7.17. The number of aliphatic hydroxyl groups is 2. The summed E-state index contributed by atoms with van der Waals surface area (Å²) in [6, 6.07) is 2.75. The van der Waals surface area contributed by atoms with Crippen molar-refractivity contribution in [2.75, 3.05) is 45.4 Å². The predicted molar refractivity (Wildman–Crippen MR) is 121 cm³/mol. The number of ether oxygens (including phenoxy) is 3. The second kappa shape index (κ2) is 7.02. The Morgan fingerprint density at radius 1 is 1.28 bits per heavy atom. The second-order valence-electron chi connectivity index (χ2n) is 10.1. The Morgan fingerprint density at radius 2 is 2.12 bits per heavy atom. The molecule has 0 amide bonds. The van der Waals surface area contributed by atoms with Crippen molar-refractivity contribution in [2.45, 2.75) is 62.3 Å². The largest absolute Gasteiger partial charge is 0.493 e. The molecule has 0 radical (unpaired) electrons. The van der Waals surface area contributed by atoms with Gasteiger partial charge in [0.05, 0.1) is 32.1 Å². The van der Waals surface area contributed by atoms with Crippen molar-refractivity contribution in [2.24, 2.45) is 5.41 Å². The fourth-order valence-electron chi connectivity index (χ4n) is 7.99. The molecule has 4 heterocycles. The average molecular weight is 443 g/mol. The number of nitrogens with zero attached hydrogens (tertiary/aromatic N) is 2. The standard InChI is InChI=1S/C25H34N2O5/c1-4-15-14-32-22-20-16(12-17(30-2)21(22)31-3)25-7-10-26-9-5-6-24(8-11-28,23(25)26)19(29)13-18(25)27(15)20/h5-6,12,15,18-19,23,28-29H,4,7-11,13-14H2,1-3H3/t15-,18-,19+,23-,24+,25-/m1/s1. The Morgan fingerprint density at radius 3 is 2.84 bits per heavy atom. The van der Waals surface area contributed by atoms with E-state index in [2.05, 4.69) is 34.9 Å². The third-order valence-corrected chi connectivity index (χ3v) is 9.13. The van der Waals surface area contributed by atoms with E-state index in [1.54, 1.807) is 14.2 Å². The maximum atomic E-state index is 11.6. The zero-order valence-corrected chi connectivity index (χ0v) is 19.2. The average Bonchev–Trinajstić information content (AvgIpc) is 3.34. The van der Waals surface area contributed by atoms with E-state index < -0.39 is 11.5 Å². The highest BCUT2D eigenvalue weighted by Crippen LogP contribution is 2.68. The van der Waals surface area contributed by atoms with E-state index in [-0.39, 0.29) is 30.1 Å². The molecule has 6 rings (SSSR count). The topological polar surface area (TPSA) is 74.6 Å². The molecule has 32 heavy (non-hydrogen) atoms. The number of fused-ring (bicyclic) bond motifs is 1. The minimum Gasteiger partial charge on any atom is -0.493 e. The number of hydrogen-bond acceptors (Lipinski definition) is 7.